The smallest absolute Gasteiger partial charge is 0.342 e. The molecule has 30 heavy (non-hydrogen) atoms. The average Bonchev–Trinajstić information content (AvgIpc) is 3.35. The van der Waals surface area contributed by atoms with Crippen LogP contribution in [0.4, 0.5) is 0 Å². The van der Waals surface area contributed by atoms with Crippen LogP contribution in [0, 0.1) is 6.92 Å². The Morgan fingerprint density at radius 3 is 2.73 bits per heavy atom. The molecular weight excluding hydrogens is 390 g/mol. The van der Waals surface area contributed by atoms with Gasteiger partial charge in [-0.15, -0.1) is 0 Å². The number of carboxylic acid groups (broad SMARTS) is 1. The fourth-order valence-electron chi connectivity index (χ4n) is 4.18. The number of carbonyl (C=O) groups excluding carboxylic acids is 2. The second-order valence-electron chi connectivity index (χ2n) is 7.75. The summed E-state index contributed by atoms with van der Waals surface area (Å²) in [5.74, 6) is -1.27. The van der Waals surface area contributed by atoms with E-state index in [9.17, 15) is 24.6 Å². The van der Waals surface area contributed by atoms with Crippen LogP contribution in [0.25, 0.3) is 0 Å². The molecule has 162 valence electrons. The number of likely N-dealkylation sites (tertiary alicyclic amines) is 1. The lowest BCUT2D eigenvalue weighted by Gasteiger charge is -2.21. The summed E-state index contributed by atoms with van der Waals surface area (Å²) in [5.41, 5.74) is 3.03. The van der Waals surface area contributed by atoms with Gasteiger partial charge in [0, 0.05) is 24.1 Å². The van der Waals surface area contributed by atoms with E-state index >= 15 is 0 Å². The molecule has 8 heteroatoms. The highest BCUT2D eigenvalue weighted by atomic mass is 16.5. The monoisotopic (exact) mass is 417 g/mol. The van der Waals surface area contributed by atoms with Gasteiger partial charge in [-0.3, -0.25) is 4.79 Å². The number of hydrogen-bond acceptors (Lipinski definition) is 6. The lowest BCUT2D eigenvalue weighted by molar-refractivity contribution is -0.148. The van der Waals surface area contributed by atoms with Crippen molar-refractivity contribution in [1.82, 2.24) is 4.90 Å². The number of rotatable bonds is 7. The molecule has 2 aliphatic heterocycles. The molecule has 1 amide bonds. The number of amides is 1. The van der Waals surface area contributed by atoms with Crippen LogP contribution in [-0.2, 0) is 27.4 Å². The molecular formula is C22H27NO7. The lowest BCUT2D eigenvalue weighted by Crippen LogP contribution is -2.40. The second-order valence-corrected chi connectivity index (χ2v) is 7.75. The van der Waals surface area contributed by atoms with Crippen molar-refractivity contribution < 1.29 is 34.1 Å². The third-order valence-electron chi connectivity index (χ3n) is 5.89. The fraction of sp³-hybridized carbons (Fsp3) is 0.500. The largest absolute Gasteiger partial charge is 0.507 e. The van der Waals surface area contributed by atoms with Crippen LogP contribution >= 0.6 is 0 Å². The molecule has 0 unspecified atom stereocenters. The van der Waals surface area contributed by atoms with E-state index in [0.29, 0.717) is 49.1 Å². The Morgan fingerprint density at radius 2 is 2.07 bits per heavy atom. The SMILES string of the molecule is COc1c(C)c2c(c(O)c1C/C=C(\C)CCC(=O)N1CCC[C@H]1C(=O)O)C(=O)OC2. The van der Waals surface area contributed by atoms with E-state index in [4.69, 9.17) is 9.47 Å². The summed E-state index contributed by atoms with van der Waals surface area (Å²) in [6, 6.07) is -0.725. The highest BCUT2D eigenvalue weighted by Gasteiger charge is 2.34. The van der Waals surface area contributed by atoms with Crippen molar-refractivity contribution >= 4 is 17.8 Å². The first-order chi connectivity index (χ1) is 14.3. The number of esters is 1. The van der Waals surface area contributed by atoms with E-state index in [0.717, 1.165) is 11.1 Å². The molecule has 1 aromatic carbocycles. The average molecular weight is 417 g/mol. The van der Waals surface area contributed by atoms with E-state index < -0.39 is 18.0 Å². The number of phenolic OH excluding ortho intramolecular Hbond substituents is 1. The molecule has 0 aliphatic carbocycles. The number of aromatic hydroxyl groups is 1. The number of fused-ring (bicyclic) bond motifs is 1. The Kier molecular flexibility index (Phi) is 6.34. The normalized spacial score (nSPS) is 18.4. The highest BCUT2D eigenvalue weighted by molar-refractivity contribution is 5.98. The molecule has 1 saturated heterocycles. The van der Waals surface area contributed by atoms with Gasteiger partial charge in [0.15, 0.2) is 0 Å². The summed E-state index contributed by atoms with van der Waals surface area (Å²) >= 11 is 0. The van der Waals surface area contributed by atoms with E-state index in [2.05, 4.69) is 0 Å². The number of cyclic esters (lactones) is 1. The number of allylic oxidation sites excluding steroid dienone is 2. The molecule has 2 heterocycles. The molecule has 0 spiro atoms. The Labute approximate surface area is 175 Å². The summed E-state index contributed by atoms with van der Waals surface area (Å²) in [5, 5.41) is 19.9. The van der Waals surface area contributed by atoms with E-state index in [1.165, 1.54) is 12.0 Å². The summed E-state index contributed by atoms with van der Waals surface area (Å²) in [4.78, 5) is 37.1. The minimum Gasteiger partial charge on any atom is -0.507 e. The lowest BCUT2D eigenvalue weighted by atomic mass is 9.94. The predicted octanol–water partition coefficient (Wildman–Crippen LogP) is 2.72. The van der Waals surface area contributed by atoms with Crippen LogP contribution in [0.2, 0.25) is 0 Å². The van der Waals surface area contributed by atoms with Crippen molar-refractivity contribution in [3.63, 3.8) is 0 Å². The molecule has 0 saturated carbocycles. The molecule has 3 rings (SSSR count). The number of carbonyl (C=O) groups is 3. The van der Waals surface area contributed by atoms with Crippen molar-refractivity contribution in [3.05, 3.63) is 33.9 Å². The quantitative estimate of drug-likeness (QED) is 0.518. The minimum absolute atomic E-state index is 0.120. The van der Waals surface area contributed by atoms with E-state index in [-0.39, 0.29) is 30.2 Å². The van der Waals surface area contributed by atoms with Gasteiger partial charge < -0.3 is 24.6 Å². The maximum atomic E-state index is 12.4. The van der Waals surface area contributed by atoms with Gasteiger partial charge in [-0.25, -0.2) is 9.59 Å². The number of benzene rings is 1. The first-order valence-corrected chi connectivity index (χ1v) is 10.0. The number of carboxylic acids is 1. The topological polar surface area (TPSA) is 113 Å². The molecule has 1 fully saturated rings. The number of hydrogen-bond donors (Lipinski definition) is 2. The van der Waals surface area contributed by atoms with Crippen molar-refractivity contribution in [1.29, 1.82) is 0 Å². The summed E-state index contributed by atoms with van der Waals surface area (Å²) in [7, 11) is 1.51. The van der Waals surface area contributed by atoms with Gasteiger partial charge in [0.05, 0.1) is 7.11 Å². The van der Waals surface area contributed by atoms with Crippen LogP contribution in [0.3, 0.4) is 0 Å². The van der Waals surface area contributed by atoms with Crippen LogP contribution in [0.1, 0.15) is 59.7 Å². The molecule has 0 aromatic heterocycles. The summed E-state index contributed by atoms with van der Waals surface area (Å²) in [6.07, 6.45) is 4.13. The second kappa shape index (κ2) is 8.77. The first-order valence-electron chi connectivity index (χ1n) is 10.0. The van der Waals surface area contributed by atoms with Gasteiger partial charge in [-0.1, -0.05) is 11.6 Å². The number of phenols is 1. The van der Waals surface area contributed by atoms with Crippen LogP contribution in [-0.4, -0.2) is 52.7 Å². The Bertz CT molecular complexity index is 919. The Hall–Kier alpha value is -3.03. The van der Waals surface area contributed by atoms with Crippen LogP contribution in [0.15, 0.2) is 11.6 Å². The van der Waals surface area contributed by atoms with Crippen molar-refractivity contribution in [2.75, 3.05) is 13.7 Å². The third kappa shape index (κ3) is 3.99. The van der Waals surface area contributed by atoms with Gasteiger partial charge >= 0.3 is 11.9 Å². The van der Waals surface area contributed by atoms with Crippen LogP contribution < -0.4 is 4.74 Å². The van der Waals surface area contributed by atoms with Gasteiger partial charge in [-0.2, -0.15) is 0 Å². The molecule has 1 atom stereocenters. The summed E-state index contributed by atoms with van der Waals surface area (Å²) in [6.45, 7) is 4.31. The van der Waals surface area contributed by atoms with E-state index in [1.807, 2.05) is 19.9 Å². The zero-order valence-corrected chi connectivity index (χ0v) is 17.5. The predicted molar refractivity (Wildman–Crippen MR) is 108 cm³/mol. The standard InChI is InChI=1S/C22H27NO7/c1-12(7-9-17(24)23-10-4-5-16(23)21(26)27)6-8-14-19(25)18-15(11-30-22(18)28)13(2)20(14)29-3/h6,16,25H,4-5,7-11H2,1-3H3,(H,26,27)/b12-6+/t16-/m0/s1. The molecule has 1 aromatic rings. The van der Waals surface area contributed by atoms with Crippen molar-refractivity contribution in [2.45, 2.75) is 58.6 Å². The summed E-state index contributed by atoms with van der Waals surface area (Å²) < 4.78 is 10.5. The minimum atomic E-state index is -0.957. The molecule has 0 radical (unpaired) electrons. The number of methoxy groups -OCH3 is 1. The molecule has 2 aliphatic rings. The van der Waals surface area contributed by atoms with Crippen LogP contribution in [0.5, 0.6) is 11.5 Å². The fourth-order valence-corrected chi connectivity index (χ4v) is 4.18. The molecule has 0 bridgehead atoms. The maximum absolute atomic E-state index is 12.4. The Balaban J connectivity index is 1.71. The number of nitrogens with zero attached hydrogens (tertiary/aromatic N) is 1. The van der Waals surface area contributed by atoms with Crippen molar-refractivity contribution in [2.24, 2.45) is 0 Å². The highest BCUT2D eigenvalue weighted by Crippen LogP contribution is 2.42. The van der Waals surface area contributed by atoms with Crippen molar-refractivity contribution in [3.8, 4) is 11.5 Å². The van der Waals surface area contributed by atoms with Gasteiger partial charge in [-0.05, 0) is 45.1 Å². The van der Waals surface area contributed by atoms with E-state index in [1.54, 1.807) is 0 Å². The van der Waals surface area contributed by atoms with Gasteiger partial charge in [0.25, 0.3) is 0 Å². The maximum Gasteiger partial charge on any atom is 0.342 e. The Morgan fingerprint density at radius 1 is 1.33 bits per heavy atom. The van der Waals surface area contributed by atoms with Gasteiger partial charge in [0.1, 0.15) is 29.7 Å². The zero-order valence-electron chi connectivity index (χ0n) is 17.5. The molecule has 8 nitrogen and oxygen atoms in total. The molecule has 2 N–H and O–H groups in total. The van der Waals surface area contributed by atoms with Gasteiger partial charge in [0.2, 0.25) is 5.91 Å². The first kappa shape index (κ1) is 21.7. The zero-order chi connectivity index (χ0) is 22.0. The number of ether oxygens (including phenoxy) is 2. The number of aliphatic carboxylic acids is 1. The third-order valence-corrected chi connectivity index (χ3v) is 5.89.